The lowest BCUT2D eigenvalue weighted by atomic mass is 9.84. The highest BCUT2D eigenvalue weighted by Gasteiger charge is 2.22. The number of rotatable bonds is 6. The van der Waals surface area contributed by atoms with E-state index in [0.29, 0.717) is 12.1 Å². The van der Waals surface area contributed by atoms with Crippen LogP contribution < -0.4 is 5.32 Å². The fourth-order valence-electron chi connectivity index (χ4n) is 2.39. The molecule has 0 aliphatic carbocycles. The number of carbonyl (C=O) groups is 1. The van der Waals surface area contributed by atoms with Gasteiger partial charge in [0.25, 0.3) is 0 Å². The van der Waals surface area contributed by atoms with Gasteiger partial charge in [0.2, 0.25) is 0 Å². The Morgan fingerprint density at radius 1 is 1.14 bits per heavy atom. The molecule has 0 aliphatic rings. The molecule has 0 radical (unpaired) electrons. The van der Waals surface area contributed by atoms with Crippen LogP contribution in [-0.4, -0.2) is 17.6 Å². The minimum absolute atomic E-state index is 0.00109. The molecule has 2 N–H and O–H groups in total. The molecule has 2 rings (SSSR count). The highest BCUT2D eigenvalue weighted by molar-refractivity contribution is 9.10. The molecule has 0 aliphatic heterocycles. The van der Waals surface area contributed by atoms with Crippen LogP contribution in [0.1, 0.15) is 35.3 Å². The van der Waals surface area contributed by atoms with Crippen molar-refractivity contribution >= 4 is 21.9 Å². The summed E-state index contributed by atoms with van der Waals surface area (Å²) in [5, 5.41) is 12.3. The van der Waals surface area contributed by atoms with E-state index < -0.39 is 5.97 Å². The lowest BCUT2D eigenvalue weighted by molar-refractivity contribution is 0.0697. The first-order chi connectivity index (χ1) is 10.4. The third-order valence-corrected chi connectivity index (χ3v) is 4.39. The molecule has 3 nitrogen and oxygen atoms in total. The molecule has 0 saturated carbocycles. The van der Waals surface area contributed by atoms with Crippen molar-refractivity contribution in [2.75, 3.05) is 6.54 Å². The molecule has 2 aromatic carbocycles. The summed E-state index contributed by atoms with van der Waals surface area (Å²) in [6.07, 6.45) is 0. The fourth-order valence-corrected chi connectivity index (χ4v) is 3.21. The summed E-state index contributed by atoms with van der Waals surface area (Å²) in [5.41, 5.74) is 2.66. The summed E-state index contributed by atoms with van der Waals surface area (Å²) < 4.78 is 1.12. The van der Waals surface area contributed by atoms with Crippen molar-refractivity contribution in [3.05, 3.63) is 69.7 Å². The van der Waals surface area contributed by atoms with Crippen LogP contribution in [-0.2, 0) is 12.0 Å². The first-order valence-corrected chi connectivity index (χ1v) is 7.97. The van der Waals surface area contributed by atoms with Gasteiger partial charge in [-0.3, -0.25) is 0 Å². The zero-order valence-corrected chi connectivity index (χ0v) is 14.4. The van der Waals surface area contributed by atoms with E-state index in [4.69, 9.17) is 5.11 Å². The molecular weight excluding hydrogens is 342 g/mol. The molecule has 4 heteroatoms. The van der Waals surface area contributed by atoms with Crippen LogP contribution in [0.15, 0.2) is 53.0 Å². The third-order valence-electron chi connectivity index (χ3n) is 3.70. The number of hydrogen-bond donors (Lipinski definition) is 2. The molecule has 116 valence electrons. The molecule has 0 aromatic heterocycles. The van der Waals surface area contributed by atoms with Gasteiger partial charge in [-0.15, -0.1) is 0 Å². The lowest BCUT2D eigenvalue weighted by Crippen LogP contribution is -2.33. The van der Waals surface area contributed by atoms with Crippen LogP contribution in [0.25, 0.3) is 0 Å². The monoisotopic (exact) mass is 361 g/mol. The Kier molecular flexibility index (Phi) is 5.37. The summed E-state index contributed by atoms with van der Waals surface area (Å²) in [6.45, 7) is 5.95. The Labute approximate surface area is 139 Å². The second-order valence-corrected chi connectivity index (χ2v) is 6.82. The van der Waals surface area contributed by atoms with E-state index in [0.717, 1.165) is 16.6 Å². The van der Waals surface area contributed by atoms with Gasteiger partial charge in [-0.05, 0) is 29.3 Å². The number of halogens is 1. The second kappa shape index (κ2) is 7.07. The van der Waals surface area contributed by atoms with Crippen LogP contribution in [0, 0.1) is 0 Å². The van der Waals surface area contributed by atoms with E-state index in [-0.39, 0.29) is 5.41 Å². The maximum atomic E-state index is 10.8. The van der Waals surface area contributed by atoms with E-state index in [9.17, 15) is 4.79 Å². The topological polar surface area (TPSA) is 49.3 Å². The number of carboxylic acid groups (broad SMARTS) is 1. The summed E-state index contributed by atoms with van der Waals surface area (Å²) in [6, 6.07) is 15.2. The molecule has 0 unspecified atom stereocenters. The van der Waals surface area contributed by atoms with Crippen molar-refractivity contribution < 1.29 is 9.90 Å². The number of benzene rings is 2. The van der Waals surface area contributed by atoms with E-state index in [1.807, 2.05) is 24.3 Å². The van der Waals surface area contributed by atoms with Gasteiger partial charge in [0.05, 0.1) is 5.56 Å². The van der Waals surface area contributed by atoms with Crippen LogP contribution in [0.2, 0.25) is 0 Å². The average Bonchev–Trinajstić information content (AvgIpc) is 2.48. The molecule has 0 fully saturated rings. The molecule has 0 spiro atoms. The van der Waals surface area contributed by atoms with Gasteiger partial charge in [0.15, 0.2) is 0 Å². The summed E-state index contributed by atoms with van der Waals surface area (Å²) in [7, 11) is 0. The number of nitrogens with one attached hydrogen (secondary N) is 1. The van der Waals surface area contributed by atoms with Gasteiger partial charge in [0.1, 0.15) is 0 Å². The van der Waals surface area contributed by atoms with Gasteiger partial charge >= 0.3 is 5.97 Å². The highest BCUT2D eigenvalue weighted by Crippen LogP contribution is 2.29. The number of carboxylic acids is 1. The van der Waals surface area contributed by atoms with Gasteiger partial charge in [-0.25, -0.2) is 4.79 Å². The SMILES string of the molecule is CC(C)(CNCc1ccc(C(=O)O)cc1)c1ccccc1Br. The van der Waals surface area contributed by atoms with E-state index in [1.165, 1.54) is 5.56 Å². The van der Waals surface area contributed by atoms with E-state index in [1.54, 1.807) is 12.1 Å². The average molecular weight is 362 g/mol. The van der Waals surface area contributed by atoms with Crippen LogP contribution in [0.3, 0.4) is 0 Å². The Bertz CT molecular complexity index is 650. The van der Waals surface area contributed by atoms with Crippen molar-refractivity contribution in [3.63, 3.8) is 0 Å². The smallest absolute Gasteiger partial charge is 0.335 e. The van der Waals surface area contributed by atoms with Crippen molar-refractivity contribution in [3.8, 4) is 0 Å². The minimum atomic E-state index is -0.894. The second-order valence-electron chi connectivity index (χ2n) is 5.97. The Morgan fingerprint density at radius 2 is 1.77 bits per heavy atom. The Morgan fingerprint density at radius 3 is 2.36 bits per heavy atom. The van der Waals surface area contributed by atoms with Gasteiger partial charge < -0.3 is 10.4 Å². The maximum absolute atomic E-state index is 10.8. The first-order valence-electron chi connectivity index (χ1n) is 7.18. The van der Waals surface area contributed by atoms with Crippen molar-refractivity contribution in [2.45, 2.75) is 25.8 Å². The van der Waals surface area contributed by atoms with Crippen molar-refractivity contribution in [1.82, 2.24) is 5.32 Å². The van der Waals surface area contributed by atoms with Gasteiger partial charge in [-0.2, -0.15) is 0 Å². The Hall–Kier alpha value is -1.65. The molecule has 0 saturated heterocycles. The van der Waals surface area contributed by atoms with Crippen molar-refractivity contribution in [2.24, 2.45) is 0 Å². The molecule has 0 bridgehead atoms. The zero-order chi connectivity index (χ0) is 16.2. The molecule has 22 heavy (non-hydrogen) atoms. The normalized spacial score (nSPS) is 11.4. The zero-order valence-electron chi connectivity index (χ0n) is 12.8. The summed E-state index contributed by atoms with van der Waals surface area (Å²) in [5.74, 6) is -0.894. The number of hydrogen-bond acceptors (Lipinski definition) is 2. The molecule has 0 atom stereocenters. The van der Waals surface area contributed by atoms with Crippen LogP contribution >= 0.6 is 15.9 Å². The van der Waals surface area contributed by atoms with E-state index in [2.05, 4.69) is 47.2 Å². The predicted molar refractivity (Wildman–Crippen MR) is 92.3 cm³/mol. The maximum Gasteiger partial charge on any atom is 0.335 e. The Balaban J connectivity index is 1.95. The quantitative estimate of drug-likeness (QED) is 0.809. The predicted octanol–water partition coefficient (Wildman–Crippen LogP) is 4.21. The van der Waals surface area contributed by atoms with Crippen molar-refractivity contribution in [1.29, 1.82) is 0 Å². The largest absolute Gasteiger partial charge is 0.478 e. The van der Waals surface area contributed by atoms with E-state index >= 15 is 0 Å². The fraction of sp³-hybridized carbons (Fsp3) is 0.278. The molecule has 0 amide bonds. The number of aromatic carboxylic acids is 1. The van der Waals surface area contributed by atoms with Crippen LogP contribution in [0.5, 0.6) is 0 Å². The first kappa shape index (κ1) is 16.7. The lowest BCUT2D eigenvalue weighted by Gasteiger charge is -2.27. The molecule has 2 aromatic rings. The third kappa shape index (κ3) is 4.18. The summed E-state index contributed by atoms with van der Waals surface area (Å²) in [4.78, 5) is 10.8. The summed E-state index contributed by atoms with van der Waals surface area (Å²) >= 11 is 3.61. The standard InChI is InChI=1S/C18H20BrNO2/c1-18(2,15-5-3-4-6-16(15)19)12-20-11-13-7-9-14(10-8-13)17(21)22/h3-10,20H,11-12H2,1-2H3,(H,21,22). The highest BCUT2D eigenvalue weighted by atomic mass is 79.9. The van der Waals surface area contributed by atoms with Gasteiger partial charge in [-0.1, -0.05) is 60.1 Å². The molecule has 0 heterocycles. The van der Waals surface area contributed by atoms with Crippen LogP contribution in [0.4, 0.5) is 0 Å². The van der Waals surface area contributed by atoms with Gasteiger partial charge in [0, 0.05) is 23.0 Å². The molecular formula is C18H20BrNO2. The minimum Gasteiger partial charge on any atom is -0.478 e.